The van der Waals surface area contributed by atoms with Gasteiger partial charge in [0.2, 0.25) is 0 Å². The Hall–Kier alpha value is -0.677. The van der Waals surface area contributed by atoms with E-state index < -0.39 is 0 Å². The molecule has 1 heteroatoms. The van der Waals surface area contributed by atoms with Gasteiger partial charge in [0.25, 0.3) is 0 Å². The summed E-state index contributed by atoms with van der Waals surface area (Å²) in [6, 6.07) is 12.0. The van der Waals surface area contributed by atoms with Crippen molar-refractivity contribution in [3.8, 4) is 0 Å². The zero-order chi connectivity index (χ0) is 8.49. The number of hydrogen-bond donors (Lipinski definition) is 0. The Bertz CT molecular complexity index is 198. The summed E-state index contributed by atoms with van der Waals surface area (Å²) in [6.45, 7) is 0. The molecular formula is C12H14Ru. The summed E-state index contributed by atoms with van der Waals surface area (Å²) in [5.41, 5.74) is 0. The normalized spacial score (nSPS) is 12.3. The summed E-state index contributed by atoms with van der Waals surface area (Å²) in [5, 5.41) is 0. The van der Waals surface area contributed by atoms with Crippen LogP contribution in [0, 0.1) is 0 Å². The van der Waals surface area contributed by atoms with E-state index in [9.17, 15) is 0 Å². The van der Waals surface area contributed by atoms with Crippen LogP contribution < -0.4 is 0 Å². The molecule has 1 aromatic carbocycles. The van der Waals surface area contributed by atoms with Gasteiger partial charge in [0.1, 0.15) is 0 Å². The molecule has 0 aromatic heterocycles. The number of rotatable bonds is 0. The quantitative estimate of drug-likeness (QED) is 0.625. The molecule has 13 heavy (non-hydrogen) atoms. The van der Waals surface area contributed by atoms with Crippen LogP contribution >= 0.6 is 0 Å². The van der Waals surface area contributed by atoms with E-state index in [1.54, 1.807) is 0 Å². The Morgan fingerprint density at radius 3 is 1.00 bits per heavy atom. The first-order valence-corrected chi connectivity index (χ1v) is 4.32. The van der Waals surface area contributed by atoms with Gasteiger partial charge in [-0.05, 0) is 12.8 Å². The molecule has 0 heterocycles. The molecule has 0 unspecified atom stereocenters. The van der Waals surface area contributed by atoms with Crippen molar-refractivity contribution in [2.45, 2.75) is 12.8 Å². The SMILES string of the molecule is C1=CCCC=C1.[Ru].c1ccccc1. The molecule has 0 N–H and O–H groups in total. The van der Waals surface area contributed by atoms with Gasteiger partial charge in [-0.2, -0.15) is 0 Å². The first kappa shape index (κ1) is 12.3. The number of allylic oxidation sites excluding steroid dienone is 4. The fourth-order valence-electron chi connectivity index (χ4n) is 0.927. The van der Waals surface area contributed by atoms with Crippen LogP contribution in [0.3, 0.4) is 0 Å². The topological polar surface area (TPSA) is 0 Å². The fourth-order valence-corrected chi connectivity index (χ4v) is 0.927. The fraction of sp³-hybridized carbons (Fsp3) is 0.167. The van der Waals surface area contributed by atoms with Crippen molar-refractivity contribution < 1.29 is 19.5 Å². The largest absolute Gasteiger partial charge is 0.0842 e. The molecular weight excluding hydrogens is 245 g/mol. The molecule has 0 bridgehead atoms. The van der Waals surface area contributed by atoms with Crippen molar-refractivity contribution in [3.63, 3.8) is 0 Å². The van der Waals surface area contributed by atoms with Crippen LogP contribution in [-0.2, 0) is 19.5 Å². The van der Waals surface area contributed by atoms with Gasteiger partial charge < -0.3 is 0 Å². The zero-order valence-electron chi connectivity index (χ0n) is 7.54. The molecule has 0 saturated heterocycles. The first-order chi connectivity index (χ1) is 6.00. The van der Waals surface area contributed by atoms with E-state index in [2.05, 4.69) is 24.3 Å². The van der Waals surface area contributed by atoms with Crippen LogP contribution in [0.1, 0.15) is 12.8 Å². The monoisotopic (exact) mass is 260 g/mol. The smallest absolute Gasteiger partial charge is 0 e. The van der Waals surface area contributed by atoms with E-state index in [-0.39, 0.29) is 19.5 Å². The van der Waals surface area contributed by atoms with Crippen LogP contribution in [-0.4, -0.2) is 0 Å². The average Bonchev–Trinajstić information content (AvgIpc) is 2.24. The molecule has 0 aliphatic heterocycles. The minimum atomic E-state index is 0. The summed E-state index contributed by atoms with van der Waals surface area (Å²) in [7, 11) is 0. The minimum Gasteiger partial charge on any atom is -0.0842 e. The first-order valence-electron chi connectivity index (χ1n) is 4.32. The standard InChI is InChI=1S/C6H8.C6H6.Ru/c2*1-2-4-6-5-3-1;/h1-4H,5-6H2;1-6H;. The maximum atomic E-state index is 2.18. The summed E-state index contributed by atoms with van der Waals surface area (Å²) in [5.74, 6) is 0. The van der Waals surface area contributed by atoms with Crippen LogP contribution in [0.25, 0.3) is 0 Å². The maximum absolute atomic E-state index is 2.18. The van der Waals surface area contributed by atoms with Crippen molar-refractivity contribution in [1.29, 1.82) is 0 Å². The predicted octanol–water partition coefficient (Wildman–Crippen LogP) is 3.58. The molecule has 0 fully saturated rings. The molecule has 1 aliphatic carbocycles. The Labute approximate surface area is 93.1 Å². The van der Waals surface area contributed by atoms with Crippen LogP contribution in [0.2, 0.25) is 0 Å². The third-order valence-electron chi connectivity index (χ3n) is 1.55. The third kappa shape index (κ3) is 7.68. The second-order valence-corrected chi connectivity index (χ2v) is 2.59. The van der Waals surface area contributed by atoms with Crippen LogP contribution in [0.15, 0.2) is 60.7 Å². The van der Waals surface area contributed by atoms with Crippen molar-refractivity contribution >= 4 is 0 Å². The van der Waals surface area contributed by atoms with Gasteiger partial charge in [-0.1, -0.05) is 60.7 Å². The number of hydrogen-bond acceptors (Lipinski definition) is 0. The summed E-state index contributed by atoms with van der Waals surface area (Å²) in [6.07, 6.45) is 11.0. The van der Waals surface area contributed by atoms with Gasteiger partial charge in [-0.25, -0.2) is 0 Å². The van der Waals surface area contributed by atoms with E-state index in [1.165, 1.54) is 12.8 Å². The molecule has 0 radical (unpaired) electrons. The molecule has 1 aromatic rings. The summed E-state index contributed by atoms with van der Waals surface area (Å²) >= 11 is 0. The van der Waals surface area contributed by atoms with E-state index in [0.29, 0.717) is 0 Å². The van der Waals surface area contributed by atoms with Crippen molar-refractivity contribution in [2.24, 2.45) is 0 Å². The maximum Gasteiger partial charge on any atom is 0 e. The van der Waals surface area contributed by atoms with Gasteiger partial charge in [-0.15, -0.1) is 0 Å². The molecule has 0 spiro atoms. The van der Waals surface area contributed by atoms with Crippen LogP contribution in [0.4, 0.5) is 0 Å². The van der Waals surface area contributed by atoms with Gasteiger partial charge in [-0.3, -0.25) is 0 Å². The van der Waals surface area contributed by atoms with Gasteiger partial charge in [0, 0.05) is 19.5 Å². The summed E-state index contributed by atoms with van der Waals surface area (Å²) < 4.78 is 0. The van der Waals surface area contributed by atoms with Gasteiger partial charge >= 0.3 is 0 Å². The van der Waals surface area contributed by atoms with Crippen LogP contribution in [0.5, 0.6) is 0 Å². The third-order valence-corrected chi connectivity index (χ3v) is 1.55. The minimum absolute atomic E-state index is 0. The molecule has 0 saturated carbocycles. The Morgan fingerprint density at radius 2 is 0.846 bits per heavy atom. The second-order valence-electron chi connectivity index (χ2n) is 2.59. The zero-order valence-corrected chi connectivity index (χ0v) is 9.28. The Morgan fingerprint density at radius 1 is 0.538 bits per heavy atom. The molecule has 70 valence electrons. The van der Waals surface area contributed by atoms with Gasteiger partial charge in [0.15, 0.2) is 0 Å². The molecule has 0 atom stereocenters. The Kier molecular flexibility index (Phi) is 8.92. The average molecular weight is 259 g/mol. The van der Waals surface area contributed by atoms with Gasteiger partial charge in [0.05, 0.1) is 0 Å². The van der Waals surface area contributed by atoms with Crippen molar-refractivity contribution in [1.82, 2.24) is 0 Å². The Balaban J connectivity index is 0.000000206. The summed E-state index contributed by atoms with van der Waals surface area (Å²) in [4.78, 5) is 0. The van der Waals surface area contributed by atoms with E-state index in [0.717, 1.165) is 0 Å². The molecule has 2 rings (SSSR count). The molecule has 0 amide bonds. The van der Waals surface area contributed by atoms with E-state index in [1.807, 2.05) is 36.4 Å². The molecule has 1 aliphatic rings. The van der Waals surface area contributed by atoms with Crippen molar-refractivity contribution in [2.75, 3.05) is 0 Å². The van der Waals surface area contributed by atoms with E-state index >= 15 is 0 Å². The second kappa shape index (κ2) is 9.41. The number of benzene rings is 1. The molecule has 0 nitrogen and oxygen atoms in total. The van der Waals surface area contributed by atoms with Crippen molar-refractivity contribution in [3.05, 3.63) is 60.7 Å². The van der Waals surface area contributed by atoms with E-state index in [4.69, 9.17) is 0 Å². The predicted molar refractivity (Wildman–Crippen MR) is 54.0 cm³/mol.